The molecule has 0 aliphatic heterocycles. The van der Waals surface area contributed by atoms with E-state index in [0.717, 1.165) is 6.42 Å². The Morgan fingerprint density at radius 3 is 2.87 bits per heavy atom. The van der Waals surface area contributed by atoms with Gasteiger partial charge in [-0.3, -0.25) is 0 Å². The number of benzene rings is 1. The first-order valence-corrected chi connectivity index (χ1v) is 5.10. The normalized spacial score (nSPS) is 12.1. The van der Waals surface area contributed by atoms with Crippen LogP contribution in [0, 0.1) is 17.1 Å². The molecule has 1 aromatic rings. The molecule has 3 heteroatoms. The molecule has 1 atom stereocenters. The van der Waals surface area contributed by atoms with Crippen molar-refractivity contribution in [1.82, 2.24) is 5.32 Å². The maximum Gasteiger partial charge on any atom is 0.145 e. The summed E-state index contributed by atoms with van der Waals surface area (Å²) in [5, 5.41) is 11.8. The van der Waals surface area contributed by atoms with E-state index in [9.17, 15) is 4.39 Å². The molecule has 0 bridgehead atoms. The maximum atomic E-state index is 13.6. The van der Waals surface area contributed by atoms with E-state index in [2.05, 4.69) is 12.2 Å². The molecular formula is C12H15FN2. The maximum absolute atomic E-state index is 13.6. The molecule has 1 N–H and O–H groups in total. The fraction of sp³-hybridized carbons (Fsp3) is 0.417. The summed E-state index contributed by atoms with van der Waals surface area (Å²) in [6, 6.07) is 7.08. The van der Waals surface area contributed by atoms with Gasteiger partial charge >= 0.3 is 0 Å². The van der Waals surface area contributed by atoms with Crippen molar-refractivity contribution in [2.24, 2.45) is 0 Å². The lowest BCUT2D eigenvalue weighted by Crippen LogP contribution is -2.25. The molecule has 0 spiro atoms. The van der Waals surface area contributed by atoms with Crippen LogP contribution < -0.4 is 5.32 Å². The Labute approximate surface area is 89.7 Å². The summed E-state index contributed by atoms with van der Waals surface area (Å²) in [6.45, 7) is 4.59. The lowest BCUT2D eigenvalue weighted by atomic mass is 10.1. The van der Waals surface area contributed by atoms with Gasteiger partial charge in [-0.2, -0.15) is 5.26 Å². The van der Waals surface area contributed by atoms with Crippen molar-refractivity contribution in [2.75, 3.05) is 0 Å². The molecule has 0 aliphatic rings. The highest BCUT2D eigenvalue weighted by Gasteiger charge is 2.07. The smallest absolute Gasteiger partial charge is 0.145 e. The van der Waals surface area contributed by atoms with E-state index in [1.54, 1.807) is 12.1 Å². The molecule has 2 nitrogen and oxygen atoms in total. The third-order valence-electron chi connectivity index (χ3n) is 2.45. The van der Waals surface area contributed by atoms with Crippen molar-refractivity contribution in [3.63, 3.8) is 0 Å². The van der Waals surface area contributed by atoms with Gasteiger partial charge in [-0.05, 0) is 19.4 Å². The van der Waals surface area contributed by atoms with E-state index < -0.39 is 5.82 Å². The van der Waals surface area contributed by atoms with Crippen LogP contribution in [0.25, 0.3) is 0 Å². The second-order valence-corrected chi connectivity index (χ2v) is 3.58. The Hall–Kier alpha value is -1.40. The summed E-state index contributed by atoms with van der Waals surface area (Å²) >= 11 is 0. The lowest BCUT2D eigenvalue weighted by molar-refractivity contribution is 0.516. The average Bonchev–Trinajstić information content (AvgIpc) is 2.27. The van der Waals surface area contributed by atoms with Gasteiger partial charge in [-0.25, -0.2) is 4.39 Å². The highest BCUT2D eigenvalue weighted by Crippen LogP contribution is 2.12. The zero-order valence-corrected chi connectivity index (χ0v) is 9.05. The molecule has 0 saturated heterocycles. The zero-order chi connectivity index (χ0) is 11.3. The standard InChI is InChI=1S/C12H15FN2/c1-3-9(2)15-8-11-6-4-5-10(7-14)12(11)13/h4-6,9,15H,3,8H2,1-2H3. The van der Waals surface area contributed by atoms with Crippen LogP contribution in [0.15, 0.2) is 18.2 Å². The number of rotatable bonds is 4. The van der Waals surface area contributed by atoms with E-state index in [1.807, 2.05) is 13.0 Å². The monoisotopic (exact) mass is 206 g/mol. The molecule has 15 heavy (non-hydrogen) atoms. The van der Waals surface area contributed by atoms with Crippen LogP contribution in [0.2, 0.25) is 0 Å². The zero-order valence-electron chi connectivity index (χ0n) is 9.05. The highest BCUT2D eigenvalue weighted by atomic mass is 19.1. The van der Waals surface area contributed by atoms with Crippen molar-refractivity contribution in [1.29, 1.82) is 5.26 Å². The summed E-state index contributed by atoms with van der Waals surface area (Å²) in [7, 11) is 0. The topological polar surface area (TPSA) is 35.8 Å². The summed E-state index contributed by atoms with van der Waals surface area (Å²) in [4.78, 5) is 0. The van der Waals surface area contributed by atoms with Crippen molar-refractivity contribution in [2.45, 2.75) is 32.9 Å². The summed E-state index contributed by atoms with van der Waals surface area (Å²) < 4.78 is 13.6. The number of nitrogens with one attached hydrogen (secondary N) is 1. The molecule has 0 heterocycles. The molecular weight excluding hydrogens is 191 g/mol. The second-order valence-electron chi connectivity index (χ2n) is 3.58. The second kappa shape index (κ2) is 5.47. The predicted molar refractivity (Wildman–Crippen MR) is 57.7 cm³/mol. The van der Waals surface area contributed by atoms with E-state index >= 15 is 0 Å². The number of hydrogen-bond acceptors (Lipinski definition) is 2. The summed E-state index contributed by atoms with van der Waals surface area (Å²) in [6.07, 6.45) is 1.000. The predicted octanol–water partition coefficient (Wildman–Crippen LogP) is 2.59. The Morgan fingerprint density at radius 1 is 1.53 bits per heavy atom. The molecule has 0 amide bonds. The number of hydrogen-bond donors (Lipinski definition) is 1. The van der Waals surface area contributed by atoms with Gasteiger partial charge < -0.3 is 5.32 Å². The number of nitriles is 1. The third-order valence-corrected chi connectivity index (χ3v) is 2.45. The minimum absolute atomic E-state index is 0.110. The lowest BCUT2D eigenvalue weighted by Gasteiger charge is -2.11. The molecule has 1 rings (SSSR count). The number of nitrogens with zero attached hydrogens (tertiary/aromatic N) is 1. The SMILES string of the molecule is CCC(C)NCc1cccc(C#N)c1F. The molecule has 80 valence electrons. The van der Waals surface area contributed by atoms with Gasteiger partial charge in [0.25, 0.3) is 0 Å². The quantitative estimate of drug-likeness (QED) is 0.821. The number of halogens is 1. The van der Waals surface area contributed by atoms with Gasteiger partial charge in [-0.1, -0.05) is 19.1 Å². The van der Waals surface area contributed by atoms with Crippen LogP contribution in [0.5, 0.6) is 0 Å². The van der Waals surface area contributed by atoms with E-state index in [0.29, 0.717) is 18.2 Å². The van der Waals surface area contributed by atoms with E-state index in [-0.39, 0.29) is 5.56 Å². The third kappa shape index (κ3) is 3.03. The van der Waals surface area contributed by atoms with Gasteiger partial charge in [0, 0.05) is 18.2 Å². The van der Waals surface area contributed by atoms with Crippen molar-refractivity contribution in [3.05, 3.63) is 35.1 Å². The van der Waals surface area contributed by atoms with Gasteiger partial charge in [0.2, 0.25) is 0 Å². The van der Waals surface area contributed by atoms with Crippen LogP contribution >= 0.6 is 0 Å². The molecule has 0 fully saturated rings. The Bertz CT molecular complexity index is 368. The highest BCUT2D eigenvalue weighted by molar-refractivity contribution is 5.34. The van der Waals surface area contributed by atoms with Crippen LogP contribution in [-0.4, -0.2) is 6.04 Å². The molecule has 0 aromatic heterocycles. The fourth-order valence-electron chi connectivity index (χ4n) is 1.23. The molecule has 1 unspecified atom stereocenters. The first-order chi connectivity index (χ1) is 7.19. The van der Waals surface area contributed by atoms with Gasteiger partial charge in [-0.15, -0.1) is 0 Å². The van der Waals surface area contributed by atoms with Crippen LogP contribution in [0.4, 0.5) is 4.39 Å². The van der Waals surface area contributed by atoms with Crippen LogP contribution in [0.1, 0.15) is 31.4 Å². The van der Waals surface area contributed by atoms with Crippen molar-refractivity contribution in [3.8, 4) is 6.07 Å². The van der Waals surface area contributed by atoms with Gasteiger partial charge in [0.1, 0.15) is 11.9 Å². The summed E-state index contributed by atoms with van der Waals surface area (Å²) in [5.41, 5.74) is 0.660. The van der Waals surface area contributed by atoms with Crippen molar-refractivity contribution >= 4 is 0 Å². The largest absolute Gasteiger partial charge is 0.310 e. The van der Waals surface area contributed by atoms with E-state index in [4.69, 9.17) is 5.26 Å². The molecule has 1 aromatic carbocycles. The minimum atomic E-state index is -0.407. The first kappa shape index (κ1) is 11.7. The van der Waals surface area contributed by atoms with Gasteiger partial charge in [0.15, 0.2) is 0 Å². The fourth-order valence-corrected chi connectivity index (χ4v) is 1.23. The first-order valence-electron chi connectivity index (χ1n) is 5.10. The van der Waals surface area contributed by atoms with Gasteiger partial charge in [0.05, 0.1) is 5.56 Å². The van der Waals surface area contributed by atoms with Crippen LogP contribution in [-0.2, 0) is 6.54 Å². The Balaban J connectivity index is 2.74. The molecule has 0 aliphatic carbocycles. The van der Waals surface area contributed by atoms with Crippen molar-refractivity contribution < 1.29 is 4.39 Å². The Morgan fingerprint density at radius 2 is 2.27 bits per heavy atom. The average molecular weight is 206 g/mol. The Kier molecular flexibility index (Phi) is 4.26. The minimum Gasteiger partial charge on any atom is -0.310 e. The molecule has 0 saturated carbocycles. The van der Waals surface area contributed by atoms with Crippen LogP contribution in [0.3, 0.4) is 0 Å². The van der Waals surface area contributed by atoms with E-state index in [1.165, 1.54) is 6.07 Å². The molecule has 0 radical (unpaired) electrons. The summed E-state index contributed by atoms with van der Waals surface area (Å²) in [5.74, 6) is -0.407.